The topological polar surface area (TPSA) is 55.1 Å². The normalized spacial score (nSPS) is 10.4. The number of nitrogens with two attached hydrogens (primary N) is 1. The maximum atomic E-state index is 10.4. The van der Waals surface area contributed by atoms with Crippen molar-refractivity contribution in [2.45, 2.75) is 13.0 Å². The average molecular weight is 342 g/mol. The summed E-state index contributed by atoms with van der Waals surface area (Å²) in [4.78, 5) is 11.7. The average Bonchev–Trinajstić information content (AvgIpc) is 2.40. The lowest BCUT2D eigenvalue weighted by Gasteiger charge is -1.99. The predicted octanol–water partition coefficient (Wildman–Crippen LogP) is 2.24. The number of hydrogen-bond donors (Lipinski definition) is 2. The third kappa shape index (κ3) is 4.08. The van der Waals surface area contributed by atoms with Gasteiger partial charge in [0, 0.05) is 28.9 Å². The van der Waals surface area contributed by atoms with Crippen LogP contribution in [0.2, 0.25) is 0 Å². The molecule has 0 aliphatic carbocycles. The lowest BCUT2D eigenvalue weighted by molar-refractivity contribution is -0.117. The van der Waals surface area contributed by atoms with E-state index in [1.54, 1.807) is 11.3 Å². The molecule has 1 aromatic heterocycles. The van der Waals surface area contributed by atoms with Crippen LogP contribution in [0.4, 0.5) is 0 Å². The van der Waals surface area contributed by atoms with Crippen molar-refractivity contribution in [1.29, 1.82) is 0 Å². The van der Waals surface area contributed by atoms with Crippen LogP contribution in [-0.4, -0.2) is 12.5 Å². The first-order chi connectivity index (χ1) is 6.59. The van der Waals surface area contributed by atoms with Crippen LogP contribution in [-0.2, 0) is 11.3 Å². The molecule has 78 valence electrons. The van der Waals surface area contributed by atoms with E-state index in [-0.39, 0.29) is 5.91 Å². The Morgan fingerprint density at radius 2 is 2.29 bits per heavy atom. The summed E-state index contributed by atoms with van der Waals surface area (Å²) >= 11 is 8.49. The van der Waals surface area contributed by atoms with Gasteiger partial charge in [-0.2, -0.15) is 0 Å². The monoisotopic (exact) mass is 340 g/mol. The number of rotatable bonds is 5. The van der Waals surface area contributed by atoms with E-state index < -0.39 is 0 Å². The van der Waals surface area contributed by atoms with E-state index in [1.807, 2.05) is 6.07 Å². The zero-order valence-electron chi connectivity index (χ0n) is 7.35. The zero-order valence-corrected chi connectivity index (χ0v) is 11.3. The van der Waals surface area contributed by atoms with Crippen molar-refractivity contribution >= 4 is 49.1 Å². The van der Waals surface area contributed by atoms with Gasteiger partial charge in [0.25, 0.3) is 0 Å². The number of primary amides is 1. The SMILES string of the molecule is NC(=O)CCNCc1cc(Br)c(Br)s1. The molecule has 1 amide bonds. The van der Waals surface area contributed by atoms with Gasteiger partial charge in [0.1, 0.15) is 0 Å². The van der Waals surface area contributed by atoms with E-state index in [2.05, 4.69) is 37.2 Å². The predicted molar refractivity (Wildman–Crippen MR) is 65.2 cm³/mol. The molecular weight excluding hydrogens is 332 g/mol. The van der Waals surface area contributed by atoms with Crippen LogP contribution >= 0.6 is 43.2 Å². The summed E-state index contributed by atoms with van der Waals surface area (Å²) in [5.74, 6) is -0.272. The Morgan fingerprint density at radius 3 is 2.79 bits per heavy atom. The molecule has 3 nitrogen and oxygen atoms in total. The number of amides is 1. The first-order valence-corrected chi connectivity index (χ1v) is 6.42. The second-order valence-corrected chi connectivity index (χ2v) is 6.04. The summed E-state index contributed by atoms with van der Waals surface area (Å²) in [6, 6.07) is 2.05. The molecule has 14 heavy (non-hydrogen) atoms. The van der Waals surface area contributed by atoms with E-state index in [1.165, 1.54) is 4.88 Å². The summed E-state index contributed by atoms with van der Waals surface area (Å²) in [6.07, 6.45) is 0.383. The molecule has 1 aromatic rings. The minimum atomic E-state index is -0.272. The molecule has 0 atom stereocenters. The van der Waals surface area contributed by atoms with Gasteiger partial charge >= 0.3 is 0 Å². The minimum absolute atomic E-state index is 0.272. The van der Waals surface area contributed by atoms with Gasteiger partial charge in [-0.15, -0.1) is 11.3 Å². The Labute approximate surface area is 103 Å². The van der Waals surface area contributed by atoms with E-state index in [4.69, 9.17) is 5.73 Å². The highest BCUT2D eigenvalue weighted by Gasteiger charge is 2.03. The van der Waals surface area contributed by atoms with Crippen LogP contribution < -0.4 is 11.1 Å². The third-order valence-corrected chi connectivity index (χ3v) is 4.80. The lowest BCUT2D eigenvalue weighted by Crippen LogP contribution is -2.21. The highest BCUT2D eigenvalue weighted by Crippen LogP contribution is 2.32. The van der Waals surface area contributed by atoms with Crippen LogP contribution in [0.25, 0.3) is 0 Å². The minimum Gasteiger partial charge on any atom is -0.370 e. The van der Waals surface area contributed by atoms with Crippen molar-refractivity contribution in [3.05, 3.63) is 19.2 Å². The first kappa shape index (κ1) is 12.2. The van der Waals surface area contributed by atoms with Crippen molar-refractivity contribution in [3.63, 3.8) is 0 Å². The van der Waals surface area contributed by atoms with Crippen molar-refractivity contribution in [3.8, 4) is 0 Å². The standard InChI is InChI=1S/C8H10Br2N2OS/c9-6-3-5(14-8(6)10)4-12-2-1-7(11)13/h3,12H,1-2,4H2,(H2,11,13). The van der Waals surface area contributed by atoms with E-state index >= 15 is 0 Å². The molecule has 0 saturated heterocycles. The number of carbonyl (C=O) groups excluding carboxylic acids is 1. The Bertz CT molecular complexity index is 308. The molecule has 0 radical (unpaired) electrons. The molecule has 1 rings (SSSR count). The van der Waals surface area contributed by atoms with E-state index in [0.717, 1.165) is 14.8 Å². The maximum absolute atomic E-state index is 10.4. The number of hydrogen-bond acceptors (Lipinski definition) is 3. The Morgan fingerprint density at radius 1 is 1.57 bits per heavy atom. The fourth-order valence-electron chi connectivity index (χ4n) is 0.902. The molecule has 6 heteroatoms. The molecule has 0 fully saturated rings. The van der Waals surface area contributed by atoms with E-state index in [0.29, 0.717) is 13.0 Å². The van der Waals surface area contributed by atoms with Gasteiger partial charge in [0.05, 0.1) is 3.79 Å². The summed E-state index contributed by atoms with van der Waals surface area (Å²) in [5, 5.41) is 3.14. The van der Waals surface area contributed by atoms with Crippen molar-refractivity contribution in [2.75, 3.05) is 6.54 Å². The molecule has 0 spiro atoms. The van der Waals surface area contributed by atoms with Crippen LogP contribution in [0.1, 0.15) is 11.3 Å². The first-order valence-electron chi connectivity index (χ1n) is 4.02. The molecule has 0 aromatic carbocycles. The quantitative estimate of drug-likeness (QED) is 0.807. The molecule has 0 saturated carbocycles. The highest BCUT2D eigenvalue weighted by molar-refractivity contribution is 9.13. The molecule has 0 unspecified atom stereocenters. The summed E-state index contributed by atoms with van der Waals surface area (Å²) in [5.41, 5.74) is 5.01. The van der Waals surface area contributed by atoms with Crippen LogP contribution in [0, 0.1) is 0 Å². The molecule has 1 heterocycles. The Balaban J connectivity index is 2.28. The van der Waals surface area contributed by atoms with Crippen LogP contribution in [0.15, 0.2) is 14.3 Å². The molecule has 0 bridgehead atoms. The Hall–Kier alpha value is 0.0900. The zero-order chi connectivity index (χ0) is 10.6. The van der Waals surface area contributed by atoms with Crippen LogP contribution in [0.3, 0.4) is 0 Å². The largest absolute Gasteiger partial charge is 0.370 e. The number of carbonyl (C=O) groups is 1. The van der Waals surface area contributed by atoms with Crippen molar-refractivity contribution in [1.82, 2.24) is 5.32 Å². The van der Waals surface area contributed by atoms with Gasteiger partial charge < -0.3 is 11.1 Å². The number of thiophene rings is 1. The second-order valence-electron chi connectivity index (χ2n) is 2.73. The van der Waals surface area contributed by atoms with Crippen molar-refractivity contribution < 1.29 is 4.79 Å². The number of halogens is 2. The lowest BCUT2D eigenvalue weighted by atomic mass is 10.4. The van der Waals surface area contributed by atoms with Gasteiger partial charge in [-0.25, -0.2) is 0 Å². The fraction of sp³-hybridized carbons (Fsp3) is 0.375. The van der Waals surface area contributed by atoms with Gasteiger partial charge in [-0.3, -0.25) is 4.79 Å². The van der Waals surface area contributed by atoms with Gasteiger partial charge in [-0.05, 0) is 37.9 Å². The highest BCUT2D eigenvalue weighted by atomic mass is 79.9. The summed E-state index contributed by atoms with van der Waals surface area (Å²) < 4.78 is 2.15. The fourth-order valence-corrected chi connectivity index (χ4v) is 3.05. The third-order valence-electron chi connectivity index (χ3n) is 1.54. The van der Waals surface area contributed by atoms with Crippen molar-refractivity contribution in [2.24, 2.45) is 5.73 Å². The van der Waals surface area contributed by atoms with Crippen LogP contribution in [0.5, 0.6) is 0 Å². The van der Waals surface area contributed by atoms with E-state index in [9.17, 15) is 4.79 Å². The van der Waals surface area contributed by atoms with Gasteiger partial charge in [-0.1, -0.05) is 0 Å². The summed E-state index contributed by atoms with van der Waals surface area (Å²) in [7, 11) is 0. The molecular formula is C8H10Br2N2OS. The van der Waals surface area contributed by atoms with Gasteiger partial charge in [0.15, 0.2) is 0 Å². The molecule has 0 aliphatic rings. The molecule has 0 aliphatic heterocycles. The maximum Gasteiger partial charge on any atom is 0.218 e. The van der Waals surface area contributed by atoms with Gasteiger partial charge in [0.2, 0.25) is 5.91 Å². The number of nitrogens with one attached hydrogen (secondary N) is 1. The summed E-state index contributed by atoms with van der Waals surface area (Å²) in [6.45, 7) is 1.39. The molecule has 3 N–H and O–H groups in total. The second kappa shape index (κ2) is 5.85. The smallest absolute Gasteiger partial charge is 0.218 e. The Kier molecular flexibility index (Phi) is 5.08.